The second-order valence-corrected chi connectivity index (χ2v) is 3.17. The third-order valence-corrected chi connectivity index (χ3v) is 2.23. The molecule has 1 aromatic carbocycles. The van der Waals surface area contributed by atoms with Crippen LogP contribution in [0.4, 0.5) is 11.4 Å². The number of aromatic nitrogens is 1. The maximum Gasteiger partial charge on any atom is 0.0967 e. The Morgan fingerprint density at radius 3 is 2.85 bits per heavy atom. The van der Waals surface area contributed by atoms with Gasteiger partial charge in [0.05, 0.1) is 21.9 Å². The molecular weight excluding hydrogens is 186 g/mol. The zero-order chi connectivity index (χ0) is 9.42. The lowest BCUT2D eigenvalue weighted by atomic mass is 10.1. The van der Waals surface area contributed by atoms with Gasteiger partial charge < -0.3 is 11.5 Å². The minimum absolute atomic E-state index is 0.469. The quantitative estimate of drug-likeness (QED) is 0.630. The molecule has 0 atom stereocenters. The van der Waals surface area contributed by atoms with E-state index in [1.54, 1.807) is 12.3 Å². The van der Waals surface area contributed by atoms with E-state index in [-0.39, 0.29) is 0 Å². The fourth-order valence-electron chi connectivity index (χ4n) is 1.24. The summed E-state index contributed by atoms with van der Waals surface area (Å²) in [5, 5.41) is 1.41. The summed E-state index contributed by atoms with van der Waals surface area (Å²) in [5.74, 6) is 0. The summed E-state index contributed by atoms with van der Waals surface area (Å²) in [6.07, 6.45) is 1.66. The van der Waals surface area contributed by atoms with Crippen molar-refractivity contribution in [2.75, 3.05) is 11.5 Å². The Bertz CT molecular complexity index is 468. The van der Waals surface area contributed by atoms with Crippen LogP contribution in [0.2, 0.25) is 5.02 Å². The minimum Gasteiger partial charge on any atom is -0.397 e. The molecule has 0 bridgehead atoms. The van der Waals surface area contributed by atoms with Gasteiger partial charge in [0.1, 0.15) is 0 Å². The van der Waals surface area contributed by atoms with Crippen molar-refractivity contribution in [2.45, 2.75) is 0 Å². The molecule has 2 rings (SSSR count). The van der Waals surface area contributed by atoms with Crippen molar-refractivity contribution in [3.8, 4) is 0 Å². The molecule has 0 aliphatic heterocycles. The lowest BCUT2D eigenvalue weighted by molar-refractivity contribution is 1.41. The van der Waals surface area contributed by atoms with Crippen LogP contribution >= 0.6 is 11.6 Å². The Labute approximate surface area is 80.3 Å². The highest BCUT2D eigenvalue weighted by molar-refractivity contribution is 6.36. The van der Waals surface area contributed by atoms with Crippen molar-refractivity contribution in [2.24, 2.45) is 0 Å². The van der Waals surface area contributed by atoms with E-state index in [9.17, 15) is 0 Å². The first-order chi connectivity index (χ1) is 6.20. The highest BCUT2D eigenvalue weighted by atomic mass is 35.5. The lowest BCUT2D eigenvalue weighted by Crippen LogP contribution is -1.96. The number of nitrogen functional groups attached to an aromatic ring is 2. The van der Waals surface area contributed by atoms with Gasteiger partial charge in [0, 0.05) is 11.6 Å². The summed E-state index contributed by atoms with van der Waals surface area (Å²) < 4.78 is 0. The average molecular weight is 194 g/mol. The lowest BCUT2D eigenvalue weighted by Gasteiger charge is -2.05. The van der Waals surface area contributed by atoms with E-state index in [0.29, 0.717) is 21.9 Å². The predicted octanol–water partition coefficient (Wildman–Crippen LogP) is 2.05. The first kappa shape index (κ1) is 8.13. The van der Waals surface area contributed by atoms with Crippen LogP contribution in [0.25, 0.3) is 10.9 Å². The smallest absolute Gasteiger partial charge is 0.0967 e. The molecule has 1 heterocycles. The van der Waals surface area contributed by atoms with E-state index in [4.69, 9.17) is 23.1 Å². The van der Waals surface area contributed by atoms with Crippen molar-refractivity contribution in [3.63, 3.8) is 0 Å². The Balaban J connectivity index is 2.97. The summed E-state index contributed by atoms with van der Waals surface area (Å²) in [7, 11) is 0. The number of anilines is 2. The molecule has 0 radical (unpaired) electrons. The molecule has 0 fully saturated rings. The Morgan fingerprint density at radius 2 is 2.08 bits per heavy atom. The van der Waals surface area contributed by atoms with Crippen LogP contribution in [-0.2, 0) is 0 Å². The van der Waals surface area contributed by atoms with Gasteiger partial charge in [-0.2, -0.15) is 0 Å². The SMILES string of the molecule is Nc1cc(Cl)c2cccnc2c1N. The van der Waals surface area contributed by atoms with Crippen molar-refractivity contribution < 1.29 is 0 Å². The van der Waals surface area contributed by atoms with Crippen molar-refractivity contribution in [1.29, 1.82) is 0 Å². The van der Waals surface area contributed by atoms with E-state index in [1.165, 1.54) is 0 Å². The number of rotatable bonds is 0. The molecular formula is C9H8ClN3. The van der Waals surface area contributed by atoms with Gasteiger partial charge in [0.25, 0.3) is 0 Å². The number of halogens is 1. The van der Waals surface area contributed by atoms with Gasteiger partial charge >= 0.3 is 0 Å². The molecule has 13 heavy (non-hydrogen) atoms. The second kappa shape index (κ2) is 2.78. The summed E-state index contributed by atoms with van der Waals surface area (Å²) in [5.41, 5.74) is 13.0. The molecule has 0 unspecified atom stereocenters. The molecule has 2 aromatic rings. The highest BCUT2D eigenvalue weighted by Gasteiger charge is 2.06. The van der Waals surface area contributed by atoms with Gasteiger partial charge in [0.2, 0.25) is 0 Å². The highest BCUT2D eigenvalue weighted by Crippen LogP contribution is 2.31. The van der Waals surface area contributed by atoms with Gasteiger partial charge in [0.15, 0.2) is 0 Å². The Morgan fingerprint density at radius 1 is 1.31 bits per heavy atom. The van der Waals surface area contributed by atoms with E-state index in [1.807, 2.05) is 12.1 Å². The molecule has 0 amide bonds. The first-order valence-electron chi connectivity index (χ1n) is 3.78. The minimum atomic E-state index is 0.469. The number of benzene rings is 1. The van der Waals surface area contributed by atoms with Gasteiger partial charge in [-0.3, -0.25) is 4.98 Å². The van der Waals surface area contributed by atoms with Crippen molar-refractivity contribution in [1.82, 2.24) is 4.98 Å². The maximum absolute atomic E-state index is 5.96. The number of pyridine rings is 1. The monoisotopic (exact) mass is 193 g/mol. The van der Waals surface area contributed by atoms with Crippen LogP contribution in [0.5, 0.6) is 0 Å². The second-order valence-electron chi connectivity index (χ2n) is 2.76. The number of hydrogen-bond acceptors (Lipinski definition) is 3. The van der Waals surface area contributed by atoms with E-state index in [0.717, 1.165) is 5.39 Å². The molecule has 0 aliphatic carbocycles. The summed E-state index contributed by atoms with van der Waals surface area (Å²) in [6.45, 7) is 0. The Hall–Kier alpha value is -1.48. The van der Waals surface area contributed by atoms with Crippen LogP contribution in [0.15, 0.2) is 24.4 Å². The average Bonchev–Trinajstić information content (AvgIpc) is 2.15. The van der Waals surface area contributed by atoms with Gasteiger partial charge in [-0.15, -0.1) is 0 Å². The topological polar surface area (TPSA) is 64.9 Å². The largest absolute Gasteiger partial charge is 0.397 e. The molecule has 4 heteroatoms. The zero-order valence-electron chi connectivity index (χ0n) is 6.79. The van der Waals surface area contributed by atoms with Crippen LogP contribution < -0.4 is 11.5 Å². The van der Waals surface area contributed by atoms with E-state index >= 15 is 0 Å². The predicted molar refractivity (Wildman–Crippen MR) is 55.6 cm³/mol. The zero-order valence-corrected chi connectivity index (χ0v) is 7.55. The maximum atomic E-state index is 5.96. The van der Waals surface area contributed by atoms with Crippen LogP contribution in [-0.4, -0.2) is 4.98 Å². The molecule has 3 nitrogen and oxygen atoms in total. The van der Waals surface area contributed by atoms with Crippen LogP contribution in [0, 0.1) is 0 Å². The number of fused-ring (bicyclic) bond motifs is 1. The third-order valence-electron chi connectivity index (χ3n) is 1.91. The fourth-order valence-corrected chi connectivity index (χ4v) is 1.51. The van der Waals surface area contributed by atoms with Gasteiger partial charge in [-0.25, -0.2) is 0 Å². The molecule has 0 aliphatic rings. The summed E-state index contributed by atoms with van der Waals surface area (Å²) in [6, 6.07) is 5.31. The summed E-state index contributed by atoms with van der Waals surface area (Å²) >= 11 is 5.96. The fraction of sp³-hybridized carbons (Fsp3) is 0. The number of nitrogens with two attached hydrogens (primary N) is 2. The Kier molecular flexibility index (Phi) is 1.74. The standard InChI is InChI=1S/C9H8ClN3/c10-6-4-7(11)8(12)9-5(6)2-1-3-13-9/h1-4H,11-12H2. The number of hydrogen-bond donors (Lipinski definition) is 2. The molecule has 66 valence electrons. The van der Waals surface area contributed by atoms with Crippen molar-refractivity contribution >= 4 is 33.9 Å². The van der Waals surface area contributed by atoms with E-state index in [2.05, 4.69) is 4.98 Å². The normalized spacial score (nSPS) is 10.5. The van der Waals surface area contributed by atoms with Gasteiger partial charge in [-0.05, 0) is 18.2 Å². The van der Waals surface area contributed by atoms with E-state index < -0.39 is 0 Å². The molecule has 0 spiro atoms. The van der Waals surface area contributed by atoms with Crippen LogP contribution in [0.1, 0.15) is 0 Å². The summed E-state index contributed by atoms with van der Waals surface area (Å²) in [4.78, 5) is 4.11. The van der Waals surface area contributed by atoms with Crippen molar-refractivity contribution in [3.05, 3.63) is 29.4 Å². The molecule has 0 saturated heterocycles. The number of nitrogens with zero attached hydrogens (tertiary/aromatic N) is 1. The third kappa shape index (κ3) is 1.17. The molecule has 1 aromatic heterocycles. The van der Waals surface area contributed by atoms with Gasteiger partial charge in [-0.1, -0.05) is 11.6 Å². The van der Waals surface area contributed by atoms with Crippen LogP contribution in [0.3, 0.4) is 0 Å². The molecule has 4 N–H and O–H groups in total. The molecule has 0 saturated carbocycles. The first-order valence-corrected chi connectivity index (χ1v) is 4.16.